The van der Waals surface area contributed by atoms with Gasteiger partial charge in [-0.25, -0.2) is 9.78 Å². The smallest absolute Gasteiger partial charge is 0.338 e. The molecule has 168 valence electrons. The molecule has 5 heteroatoms. The van der Waals surface area contributed by atoms with Crippen LogP contribution in [-0.2, 0) is 22.4 Å². The largest absolute Gasteiger partial charge is 0.463 e. The summed E-state index contributed by atoms with van der Waals surface area (Å²) in [5, 5.41) is 0. The molecular weight excluding hydrogens is 412 g/mol. The summed E-state index contributed by atoms with van der Waals surface area (Å²) >= 11 is 0. The fourth-order valence-electron chi connectivity index (χ4n) is 4.86. The topological polar surface area (TPSA) is 74.4 Å². The van der Waals surface area contributed by atoms with Crippen LogP contribution in [0.3, 0.4) is 0 Å². The molecule has 2 heterocycles. The molecule has 1 aromatic heterocycles. The highest BCUT2D eigenvalue weighted by molar-refractivity contribution is 6.00. The molecule has 0 fully saturated rings. The highest BCUT2D eigenvalue weighted by Gasteiger charge is 2.40. The monoisotopic (exact) mass is 440 g/mol. The number of aromatic nitrogens is 1. The molecule has 5 rings (SSSR count). The minimum atomic E-state index is -0.427. The summed E-state index contributed by atoms with van der Waals surface area (Å²) in [5.41, 5.74) is 13.7. The molecule has 0 saturated heterocycles. The lowest BCUT2D eigenvalue weighted by Gasteiger charge is -2.32. The maximum atomic E-state index is 13.4. The number of hydrogen-bond acceptors (Lipinski definition) is 5. The first-order chi connectivity index (χ1) is 16.1. The van der Waals surface area contributed by atoms with E-state index in [9.17, 15) is 4.79 Å². The second kappa shape index (κ2) is 8.74. The fraction of sp³-hybridized carbons (Fsp3) is 0.286. The summed E-state index contributed by atoms with van der Waals surface area (Å²) in [6, 6.07) is 17.9. The molecule has 33 heavy (non-hydrogen) atoms. The summed E-state index contributed by atoms with van der Waals surface area (Å²) in [4.78, 5) is 18.4. The molecule has 2 N–H and O–H groups in total. The Morgan fingerprint density at radius 1 is 1.09 bits per heavy atom. The van der Waals surface area contributed by atoms with Crippen molar-refractivity contribution in [3.63, 3.8) is 0 Å². The quantitative estimate of drug-likeness (QED) is 0.554. The summed E-state index contributed by atoms with van der Waals surface area (Å²) in [7, 11) is 0. The van der Waals surface area contributed by atoms with Crippen molar-refractivity contribution in [3.8, 4) is 5.88 Å². The summed E-state index contributed by atoms with van der Waals surface area (Å²) in [5.74, 6) is 0.147. The van der Waals surface area contributed by atoms with Gasteiger partial charge in [-0.2, -0.15) is 0 Å². The lowest BCUT2D eigenvalue weighted by atomic mass is 9.79. The van der Waals surface area contributed by atoms with Gasteiger partial charge in [-0.05, 0) is 50.7 Å². The van der Waals surface area contributed by atoms with Crippen molar-refractivity contribution < 1.29 is 14.3 Å². The van der Waals surface area contributed by atoms with Gasteiger partial charge in [0.2, 0.25) is 5.88 Å². The van der Waals surface area contributed by atoms with Crippen molar-refractivity contribution in [2.75, 3.05) is 12.3 Å². The third-order valence-corrected chi connectivity index (χ3v) is 6.48. The number of fused-ring (bicyclic) bond motifs is 2. The summed E-state index contributed by atoms with van der Waals surface area (Å²) in [6.45, 7) is 4.13. The molecule has 0 saturated carbocycles. The highest BCUT2D eigenvalue weighted by Crippen LogP contribution is 2.49. The standard InChI is InChI=1S/C28H28N2O3/c1-3-32-28(31)24-22(18-15-13-17(2)14-16-18)23-25(29)20-11-7-8-12-21(20)30-27(23)33-26(24)19-9-5-4-6-10-19/h4-6,9-10,13-16,22H,3,7-8,11-12H2,1-2H3,(H2,29,30). The second-order valence-electron chi connectivity index (χ2n) is 8.65. The van der Waals surface area contributed by atoms with Crippen molar-refractivity contribution in [3.05, 3.63) is 93.7 Å². The Hall–Kier alpha value is -3.60. The van der Waals surface area contributed by atoms with Crippen molar-refractivity contribution in [2.24, 2.45) is 0 Å². The van der Waals surface area contributed by atoms with E-state index >= 15 is 0 Å². The molecule has 5 nitrogen and oxygen atoms in total. The number of carbonyl (C=O) groups excluding carboxylic acids is 1. The van der Waals surface area contributed by atoms with Gasteiger partial charge in [0.15, 0.2) is 0 Å². The molecule has 3 aromatic rings. The number of hydrogen-bond donors (Lipinski definition) is 1. The molecule has 1 aliphatic carbocycles. The van der Waals surface area contributed by atoms with Gasteiger partial charge in [0.25, 0.3) is 0 Å². The average molecular weight is 441 g/mol. The van der Waals surface area contributed by atoms with Crippen LogP contribution >= 0.6 is 0 Å². The van der Waals surface area contributed by atoms with Crippen molar-refractivity contribution >= 4 is 17.4 Å². The Labute approximate surface area is 194 Å². The summed E-state index contributed by atoms with van der Waals surface area (Å²) in [6.07, 6.45) is 3.96. The Kier molecular flexibility index (Phi) is 5.63. The van der Waals surface area contributed by atoms with Crippen LogP contribution in [0.15, 0.2) is 60.2 Å². The lowest BCUT2D eigenvalue weighted by Crippen LogP contribution is -2.26. The van der Waals surface area contributed by atoms with Crippen molar-refractivity contribution in [2.45, 2.75) is 45.4 Å². The Morgan fingerprint density at radius 3 is 2.55 bits per heavy atom. The minimum Gasteiger partial charge on any atom is -0.463 e. The van der Waals surface area contributed by atoms with Crippen LogP contribution < -0.4 is 10.5 Å². The van der Waals surface area contributed by atoms with Gasteiger partial charge < -0.3 is 15.2 Å². The zero-order valence-electron chi connectivity index (χ0n) is 19.1. The SMILES string of the molecule is CCOC(=O)C1=C(c2ccccc2)Oc2nc3c(c(N)c2C1c1ccc(C)cc1)CCCC3. The molecule has 0 amide bonds. The van der Waals surface area contributed by atoms with Crippen molar-refractivity contribution in [1.29, 1.82) is 0 Å². The molecule has 1 atom stereocenters. The van der Waals surface area contributed by atoms with E-state index in [0.717, 1.165) is 59.2 Å². The van der Waals surface area contributed by atoms with Crippen LogP contribution in [0.25, 0.3) is 5.76 Å². The fourth-order valence-corrected chi connectivity index (χ4v) is 4.86. The normalized spacial score (nSPS) is 17.1. The van der Waals surface area contributed by atoms with E-state index in [1.54, 1.807) is 0 Å². The van der Waals surface area contributed by atoms with Crippen LogP contribution in [0.4, 0.5) is 5.69 Å². The molecule has 0 bridgehead atoms. The predicted octanol–water partition coefficient (Wildman–Crippen LogP) is 5.35. The van der Waals surface area contributed by atoms with E-state index in [1.165, 1.54) is 0 Å². The van der Waals surface area contributed by atoms with Gasteiger partial charge in [-0.1, -0.05) is 60.2 Å². The molecule has 2 aromatic carbocycles. The molecule has 0 spiro atoms. The number of nitrogen functional groups attached to an aromatic ring is 1. The van der Waals surface area contributed by atoms with E-state index in [2.05, 4.69) is 24.3 Å². The average Bonchev–Trinajstić information content (AvgIpc) is 2.84. The van der Waals surface area contributed by atoms with Crippen LogP contribution in [0.2, 0.25) is 0 Å². The van der Waals surface area contributed by atoms with Gasteiger partial charge in [0.1, 0.15) is 5.76 Å². The van der Waals surface area contributed by atoms with Crippen molar-refractivity contribution in [1.82, 2.24) is 4.98 Å². The predicted molar refractivity (Wildman–Crippen MR) is 129 cm³/mol. The maximum Gasteiger partial charge on any atom is 0.338 e. The number of aryl methyl sites for hydroxylation is 2. The first-order valence-electron chi connectivity index (χ1n) is 11.6. The van der Waals surface area contributed by atoms with Gasteiger partial charge in [-0.15, -0.1) is 0 Å². The molecular formula is C28H28N2O3. The number of ether oxygens (including phenoxy) is 2. The lowest BCUT2D eigenvalue weighted by molar-refractivity contribution is -0.138. The van der Waals surface area contributed by atoms with Gasteiger partial charge >= 0.3 is 5.97 Å². The zero-order chi connectivity index (χ0) is 22.9. The van der Waals surface area contributed by atoms with Crippen LogP contribution in [0.1, 0.15) is 59.2 Å². The van der Waals surface area contributed by atoms with Gasteiger partial charge in [-0.3, -0.25) is 0 Å². The van der Waals surface area contributed by atoms with Gasteiger partial charge in [0.05, 0.1) is 23.7 Å². The second-order valence-corrected chi connectivity index (χ2v) is 8.65. The van der Waals surface area contributed by atoms with E-state index in [-0.39, 0.29) is 6.61 Å². The number of anilines is 1. The third kappa shape index (κ3) is 3.78. The molecule has 0 radical (unpaired) electrons. The van der Waals surface area contributed by atoms with Crippen LogP contribution in [-0.4, -0.2) is 17.6 Å². The summed E-state index contributed by atoms with van der Waals surface area (Å²) < 4.78 is 11.9. The van der Waals surface area contributed by atoms with Gasteiger partial charge in [0, 0.05) is 16.9 Å². The van der Waals surface area contributed by atoms with Crippen LogP contribution in [0, 0.1) is 6.92 Å². The Bertz CT molecular complexity index is 1230. The van der Waals surface area contributed by atoms with E-state index in [4.69, 9.17) is 20.2 Å². The Balaban J connectivity index is 1.81. The first kappa shape index (κ1) is 21.3. The Morgan fingerprint density at radius 2 is 1.82 bits per heavy atom. The zero-order valence-corrected chi connectivity index (χ0v) is 19.1. The number of pyridine rings is 1. The number of carbonyl (C=O) groups is 1. The van der Waals surface area contributed by atoms with E-state index in [1.807, 2.05) is 44.2 Å². The highest BCUT2D eigenvalue weighted by atomic mass is 16.5. The first-order valence-corrected chi connectivity index (χ1v) is 11.6. The molecule has 1 unspecified atom stereocenters. The number of rotatable bonds is 4. The van der Waals surface area contributed by atoms with E-state index in [0.29, 0.717) is 22.9 Å². The number of nitrogens with two attached hydrogens (primary N) is 1. The number of benzene rings is 2. The maximum absolute atomic E-state index is 13.4. The minimum absolute atomic E-state index is 0.274. The molecule has 2 aliphatic rings. The third-order valence-electron chi connectivity index (χ3n) is 6.48. The molecule has 1 aliphatic heterocycles. The number of nitrogens with zero attached hydrogens (tertiary/aromatic N) is 1. The number of esters is 1. The van der Waals surface area contributed by atoms with Crippen LogP contribution in [0.5, 0.6) is 5.88 Å². The van der Waals surface area contributed by atoms with E-state index < -0.39 is 11.9 Å².